The Bertz CT molecular complexity index is 910. The molecular weight excluding hydrogens is 333 g/mol. The number of carbonyl (C=O) groups is 1. The van der Waals surface area contributed by atoms with E-state index in [0.717, 1.165) is 16.9 Å². The van der Waals surface area contributed by atoms with Crippen LogP contribution in [0.25, 0.3) is 5.69 Å². The van der Waals surface area contributed by atoms with E-state index in [9.17, 15) is 9.18 Å². The lowest BCUT2D eigenvalue weighted by molar-refractivity contribution is 0.0783. The van der Waals surface area contributed by atoms with Crippen LogP contribution in [0.3, 0.4) is 0 Å². The highest BCUT2D eigenvalue weighted by Crippen LogP contribution is 2.24. The first-order chi connectivity index (χ1) is 12.4. The molecule has 0 radical (unpaired) electrons. The molecule has 0 aliphatic carbocycles. The number of rotatable bonds is 5. The number of nitrogens with zero attached hydrogens (tertiary/aromatic N) is 5. The van der Waals surface area contributed by atoms with Gasteiger partial charge in [-0.15, -0.1) is 0 Å². The standard InChI is InChI=1S/C19H22FN5O/c1-13(2)18-17(10-22-25(18)16-7-5-15(20)6-8-16)19(26)23(3)11-14-9-21-24(4)12-14/h5-10,12-13H,11H2,1-4H3. The van der Waals surface area contributed by atoms with Crippen LogP contribution in [-0.2, 0) is 13.6 Å². The molecule has 2 aromatic heterocycles. The Labute approximate surface area is 151 Å². The van der Waals surface area contributed by atoms with E-state index in [-0.39, 0.29) is 17.6 Å². The first kappa shape index (κ1) is 17.8. The Morgan fingerprint density at radius 3 is 2.46 bits per heavy atom. The normalized spacial score (nSPS) is 11.2. The molecule has 0 spiro atoms. The molecule has 0 unspecified atom stereocenters. The van der Waals surface area contributed by atoms with Crippen molar-refractivity contribution in [3.05, 3.63) is 65.5 Å². The van der Waals surface area contributed by atoms with Crippen molar-refractivity contribution in [3.8, 4) is 5.69 Å². The molecule has 0 atom stereocenters. The Morgan fingerprint density at radius 1 is 1.19 bits per heavy atom. The van der Waals surface area contributed by atoms with Gasteiger partial charge in [0.25, 0.3) is 5.91 Å². The molecule has 1 amide bonds. The van der Waals surface area contributed by atoms with E-state index in [2.05, 4.69) is 10.2 Å². The average Bonchev–Trinajstić information content (AvgIpc) is 3.21. The molecule has 2 heterocycles. The van der Waals surface area contributed by atoms with Gasteiger partial charge < -0.3 is 4.90 Å². The van der Waals surface area contributed by atoms with Crippen molar-refractivity contribution >= 4 is 5.91 Å². The minimum absolute atomic E-state index is 0.0771. The van der Waals surface area contributed by atoms with Crippen LogP contribution in [0.1, 0.15) is 41.4 Å². The summed E-state index contributed by atoms with van der Waals surface area (Å²) in [6.07, 6.45) is 5.21. The number of aromatic nitrogens is 4. The number of carbonyl (C=O) groups excluding carboxylic acids is 1. The smallest absolute Gasteiger partial charge is 0.257 e. The van der Waals surface area contributed by atoms with E-state index in [1.165, 1.54) is 12.1 Å². The molecule has 0 bridgehead atoms. The topological polar surface area (TPSA) is 56.0 Å². The van der Waals surface area contributed by atoms with E-state index in [1.807, 2.05) is 27.1 Å². The van der Waals surface area contributed by atoms with Crippen LogP contribution in [0.4, 0.5) is 4.39 Å². The van der Waals surface area contributed by atoms with Crippen LogP contribution in [0.5, 0.6) is 0 Å². The fourth-order valence-electron chi connectivity index (χ4n) is 2.97. The number of amides is 1. The molecule has 7 heteroatoms. The third-order valence-electron chi connectivity index (χ3n) is 4.18. The maximum absolute atomic E-state index is 13.2. The molecule has 0 saturated carbocycles. The quantitative estimate of drug-likeness (QED) is 0.706. The summed E-state index contributed by atoms with van der Waals surface area (Å²) in [5.74, 6) is -0.335. The van der Waals surface area contributed by atoms with Gasteiger partial charge in [0.05, 0.1) is 29.3 Å². The first-order valence-corrected chi connectivity index (χ1v) is 8.43. The third-order valence-corrected chi connectivity index (χ3v) is 4.18. The second-order valence-electron chi connectivity index (χ2n) is 6.67. The molecule has 136 valence electrons. The monoisotopic (exact) mass is 355 g/mol. The van der Waals surface area contributed by atoms with Crippen LogP contribution in [0, 0.1) is 5.82 Å². The SMILES string of the molecule is CC(C)c1c(C(=O)N(C)Cc2cnn(C)c2)cnn1-c1ccc(F)cc1. The van der Waals surface area contributed by atoms with Gasteiger partial charge in [-0.1, -0.05) is 13.8 Å². The number of halogens is 1. The van der Waals surface area contributed by atoms with Crippen LogP contribution < -0.4 is 0 Å². The predicted octanol–water partition coefficient (Wildman–Crippen LogP) is 3.14. The maximum atomic E-state index is 13.2. The molecule has 0 aliphatic rings. The summed E-state index contributed by atoms with van der Waals surface area (Å²) < 4.78 is 16.6. The van der Waals surface area contributed by atoms with E-state index >= 15 is 0 Å². The van der Waals surface area contributed by atoms with Crippen molar-refractivity contribution in [2.75, 3.05) is 7.05 Å². The summed E-state index contributed by atoms with van der Waals surface area (Å²) in [7, 11) is 3.60. The van der Waals surface area contributed by atoms with Crippen molar-refractivity contribution in [1.82, 2.24) is 24.5 Å². The summed E-state index contributed by atoms with van der Waals surface area (Å²) in [4.78, 5) is 14.6. The predicted molar refractivity (Wildman–Crippen MR) is 96.6 cm³/mol. The zero-order chi connectivity index (χ0) is 18.8. The van der Waals surface area contributed by atoms with Crippen LogP contribution in [-0.4, -0.2) is 37.4 Å². The van der Waals surface area contributed by atoms with E-state index in [4.69, 9.17) is 0 Å². The molecule has 0 saturated heterocycles. The summed E-state index contributed by atoms with van der Waals surface area (Å²) in [6, 6.07) is 6.08. The lowest BCUT2D eigenvalue weighted by Crippen LogP contribution is -2.27. The highest BCUT2D eigenvalue weighted by molar-refractivity contribution is 5.95. The number of hydrogen-bond donors (Lipinski definition) is 0. The molecule has 6 nitrogen and oxygen atoms in total. The molecule has 0 aliphatic heterocycles. The molecule has 3 aromatic rings. The van der Waals surface area contributed by atoms with Crippen molar-refractivity contribution in [1.29, 1.82) is 0 Å². The van der Waals surface area contributed by atoms with Crippen molar-refractivity contribution in [2.24, 2.45) is 7.05 Å². The molecule has 0 fully saturated rings. The highest BCUT2D eigenvalue weighted by Gasteiger charge is 2.23. The zero-order valence-corrected chi connectivity index (χ0v) is 15.3. The number of hydrogen-bond acceptors (Lipinski definition) is 3. The molecule has 1 aromatic carbocycles. The van der Waals surface area contributed by atoms with E-state index < -0.39 is 0 Å². The fraction of sp³-hybridized carbons (Fsp3) is 0.316. The van der Waals surface area contributed by atoms with Gasteiger partial charge in [0.2, 0.25) is 0 Å². The summed E-state index contributed by atoms with van der Waals surface area (Å²) in [6.45, 7) is 4.48. The third kappa shape index (κ3) is 3.51. The average molecular weight is 355 g/mol. The molecule has 26 heavy (non-hydrogen) atoms. The molecular formula is C19H22FN5O. The molecule has 3 rings (SSSR count). The second kappa shape index (κ2) is 7.11. The lowest BCUT2D eigenvalue weighted by atomic mass is 10.0. The Kier molecular flexibility index (Phi) is 4.88. The zero-order valence-electron chi connectivity index (χ0n) is 15.3. The minimum atomic E-state index is -0.306. The maximum Gasteiger partial charge on any atom is 0.257 e. The Balaban J connectivity index is 1.91. The van der Waals surface area contributed by atoms with E-state index in [0.29, 0.717) is 12.1 Å². The van der Waals surface area contributed by atoms with Gasteiger partial charge in [-0.3, -0.25) is 9.48 Å². The van der Waals surface area contributed by atoms with Crippen molar-refractivity contribution in [3.63, 3.8) is 0 Å². The minimum Gasteiger partial charge on any atom is -0.337 e. The van der Waals surface area contributed by atoms with Gasteiger partial charge in [0, 0.05) is 32.4 Å². The van der Waals surface area contributed by atoms with Crippen LogP contribution >= 0.6 is 0 Å². The van der Waals surface area contributed by atoms with Gasteiger partial charge in [-0.05, 0) is 30.2 Å². The Hall–Kier alpha value is -2.96. The molecule has 0 N–H and O–H groups in total. The highest BCUT2D eigenvalue weighted by atomic mass is 19.1. The van der Waals surface area contributed by atoms with E-state index in [1.54, 1.807) is 45.8 Å². The van der Waals surface area contributed by atoms with Gasteiger partial charge in [-0.25, -0.2) is 9.07 Å². The van der Waals surface area contributed by atoms with Gasteiger partial charge in [-0.2, -0.15) is 10.2 Å². The van der Waals surface area contributed by atoms with Crippen molar-refractivity contribution < 1.29 is 9.18 Å². The lowest BCUT2D eigenvalue weighted by Gasteiger charge is -2.18. The van der Waals surface area contributed by atoms with Gasteiger partial charge in [0.1, 0.15) is 5.82 Å². The first-order valence-electron chi connectivity index (χ1n) is 8.43. The van der Waals surface area contributed by atoms with Crippen molar-refractivity contribution in [2.45, 2.75) is 26.3 Å². The number of aryl methyl sites for hydroxylation is 1. The largest absolute Gasteiger partial charge is 0.337 e. The van der Waals surface area contributed by atoms with Gasteiger partial charge in [0.15, 0.2) is 0 Å². The van der Waals surface area contributed by atoms with Crippen LogP contribution in [0.15, 0.2) is 42.9 Å². The fourth-order valence-corrected chi connectivity index (χ4v) is 2.97. The van der Waals surface area contributed by atoms with Crippen LogP contribution in [0.2, 0.25) is 0 Å². The summed E-state index contributed by atoms with van der Waals surface area (Å²) in [5, 5.41) is 8.51. The summed E-state index contributed by atoms with van der Waals surface area (Å²) >= 11 is 0. The summed E-state index contributed by atoms with van der Waals surface area (Å²) in [5.41, 5.74) is 3.04. The number of benzene rings is 1. The Morgan fingerprint density at radius 2 is 1.88 bits per heavy atom. The second-order valence-corrected chi connectivity index (χ2v) is 6.67. The van der Waals surface area contributed by atoms with Gasteiger partial charge >= 0.3 is 0 Å².